The summed E-state index contributed by atoms with van der Waals surface area (Å²) < 4.78 is 18.2. The minimum Gasteiger partial charge on any atom is -0.495 e. The summed E-state index contributed by atoms with van der Waals surface area (Å²) in [6.07, 6.45) is 0. The van der Waals surface area contributed by atoms with Gasteiger partial charge < -0.3 is 19.9 Å². The molecule has 0 aliphatic carbocycles. The summed E-state index contributed by atoms with van der Waals surface area (Å²) in [7, 11) is 1.49. The number of halogens is 1. The quantitative estimate of drug-likeness (QED) is 0.811. The zero-order valence-electron chi connectivity index (χ0n) is 14.6. The number of hydrogen-bond donors (Lipinski definition) is 1. The third-order valence-electron chi connectivity index (χ3n) is 4.16. The van der Waals surface area contributed by atoms with Gasteiger partial charge in [0.05, 0.1) is 12.8 Å². The number of amides is 3. The zero-order valence-corrected chi connectivity index (χ0v) is 14.6. The van der Waals surface area contributed by atoms with Gasteiger partial charge in [0.2, 0.25) is 5.91 Å². The number of methoxy groups -OCH3 is 1. The van der Waals surface area contributed by atoms with Gasteiger partial charge in [-0.1, -0.05) is 12.1 Å². The van der Waals surface area contributed by atoms with Gasteiger partial charge in [-0.05, 0) is 36.4 Å². The molecule has 1 aliphatic rings. The molecule has 0 atom stereocenters. The predicted octanol–water partition coefficient (Wildman–Crippen LogP) is 1.65. The van der Waals surface area contributed by atoms with Gasteiger partial charge in [-0.15, -0.1) is 0 Å². The summed E-state index contributed by atoms with van der Waals surface area (Å²) in [6, 6.07) is 12.2. The molecular formula is C19H18FN3O4. The van der Waals surface area contributed by atoms with Gasteiger partial charge in [-0.2, -0.15) is 0 Å². The van der Waals surface area contributed by atoms with E-state index in [9.17, 15) is 18.8 Å². The number of ether oxygens (including phenoxy) is 1. The van der Waals surface area contributed by atoms with E-state index in [2.05, 4.69) is 5.32 Å². The van der Waals surface area contributed by atoms with E-state index in [1.165, 1.54) is 41.2 Å². The summed E-state index contributed by atoms with van der Waals surface area (Å²) in [5, 5.41) is 2.67. The van der Waals surface area contributed by atoms with Crippen molar-refractivity contribution in [3.63, 3.8) is 0 Å². The van der Waals surface area contributed by atoms with E-state index >= 15 is 0 Å². The molecule has 3 amide bonds. The van der Waals surface area contributed by atoms with Gasteiger partial charge in [0, 0.05) is 18.8 Å². The molecule has 1 N–H and O–H groups in total. The van der Waals surface area contributed by atoms with Crippen molar-refractivity contribution in [3.8, 4) is 5.75 Å². The molecule has 0 bridgehead atoms. The Balaban J connectivity index is 1.64. The maximum Gasteiger partial charge on any atom is 0.316 e. The van der Waals surface area contributed by atoms with Crippen LogP contribution in [0.1, 0.15) is 0 Å². The number of carbonyl (C=O) groups is 3. The van der Waals surface area contributed by atoms with Crippen molar-refractivity contribution >= 4 is 29.1 Å². The van der Waals surface area contributed by atoms with E-state index in [1.54, 1.807) is 24.3 Å². The van der Waals surface area contributed by atoms with Crippen molar-refractivity contribution in [1.29, 1.82) is 0 Å². The first kappa shape index (κ1) is 18.4. The van der Waals surface area contributed by atoms with Crippen LogP contribution < -0.4 is 15.0 Å². The number of hydrogen-bond acceptors (Lipinski definition) is 4. The zero-order chi connectivity index (χ0) is 19.4. The number of nitrogens with one attached hydrogen (secondary N) is 1. The number of para-hydroxylation sites is 2. The molecule has 7 nitrogen and oxygen atoms in total. The minimum atomic E-state index is -0.777. The lowest BCUT2D eigenvalue weighted by Gasteiger charge is -2.33. The summed E-state index contributed by atoms with van der Waals surface area (Å²) in [5.41, 5.74) is 0.918. The van der Waals surface area contributed by atoms with Crippen LogP contribution in [0.25, 0.3) is 0 Å². The van der Waals surface area contributed by atoms with E-state index in [0.717, 1.165) is 0 Å². The molecule has 0 saturated carbocycles. The Morgan fingerprint density at radius 2 is 1.78 bits per heavy atom. The number of rotatable bonds is 5. The lowest BCUT2D eigenvalue weighted by atomic mass is 10.2. The summed E-state index contributed by atoms with van der Waals surface area (Å²) in [4.78, 5) is 39.4. The van der Waals surface area contributed by atoms with Crippen LogP contribution in [0.3, 0.4) is 0 Å². The Kier molecular flexibility index (Phi) is 5.35. The van der Waals surface area contributed by atoms with Gasteiger partial charge in [-0.25, -0.2) is 4.39 Å². The largest absolute Gasteiger partial charge is 0.495 e. The van der Waals surface area contributed by atoms with Crippen molar-refractivity contribution in [2.24, 2.45) is 0 Å². The maximum absolute atomic E-state index is 13.0. The molecule has 27 heavy (non-hydrogen) atoms. The van der Waals surface area contributed by atoms with E-state index in [4.69, 9.17) is 4.74 Å². The molecule has 0 unspecified atom stereocenters. The minimum absolute atomic E-state index is 0.196. The number of anilines is 2. The second kappa shape index (κ2) is 7.86. The van der Waals surface area contributed by atoms with Crippen LogP contribution in [0.4, 0.5) is 15.8 Å². The molecular weight excluding hydrogens is 353 g/mol. The fraction of sp³-hybridized carbons (Fsp3) is 0.211. The average Bonchev–Trinajstić information content (AvgIpc) is 2.67. The third-order valence-corrected chi connectivity index (χ3v) is 4.16. The molecule has 0 spiro atoms. The van der Waals surface area contributed by atoms with Crippen molar-refractivity contribution in [3.05, 3.63) is 54.3 Å². The first-order valence-electron chi connectivity index (χ1n) is 8.29. The van der Waals surface area contributed by atoms with Gasteiger partial charge in [0.15, 0.2) is 0 Å². The van der Waals surface area contributed by atoms with Crippen LogP contribution in [0.2, 0.25) is 0 Å². The van der Waals surface area contributed by atoms with Crippen molar-refractivity contribution in [2.45, 2.75) is 0 Å². The molecule has 8 heteroatoms. The molecule has 3 rings (SSSR count). The third kappa shape index (κ3) is 4.05. The van der Waals surface area contributed by atoms with Crippen molar-refractivity contribution < 1.29 is 23.5 Å². The molecule has 2 aromatic rings. The monoisotopic (exact) mass is 371 g/mol. The van der Waals surface area contributed by atoms with Gasteiger partial charge in [0.25, 0.3) is 0 Å². The van der Waals surface area contributed by atoms with E-state index in [1.807, 2.05) is 0 Å². The lowest BCUT2D eigenvalue weighted by Crippen LogP contribution is -2.56. The second-order valence-corrected chi connectivity index (χ2v) is 5.91. The Morgan fingerprint density at radius 3 is 2.48 bits per heavy atom. The molecule has 1 fully saturated rings. The van der Waals surface area contributed by atoms with E-state index < -0.39 is 23.5 Å². The number of piperazine rings is 1. The van der Waals surface area contributed by atoms with Crippen molar-refractivity contribution in [1.82, 2.24) is 4.90 Å². The molecule has 140 valence electrons. The average molecular weight is 371 g/mol. The lowest BCUT2D eigenvalue weighted by molar-refractivity contribution is -0.147. The van der Waals surface area contributed by atoms with Crippen LogP contribution in [0.5, 0.6) is 5.75 Å². The molecule has 2 aromatic carbocycles. The first-order valence-corrected chi connectivity index (χ1v) is 8.29. The highest BCUT2D eigenvalue weighted by molar-refractivity contribution is 6.41. The molecule has 1 aliphatic heterocycles. The standard InChI is InChI=1S/C19H18FN3O4/c1-27-16-5-3-2-4-15(16)21-17(24)12-22-10-11-23(19(26)18(22)25)14-8-6-13(20)7-9-14/h2-9H,10-12H2,1H3,(H,21,24). The fourth-order valence-corrected chi connectivity index (χ4v) is 2.80. The molecule has 1 saturated heterocycles. The number of nitrogens with zero attached hydrogens (tertiary/aromatic N) is 2. The number of benzene rings is 2. The van der Waals surface area contributed by atoms with Crippen molar-refractivity contribution in [2.75, 3.05) is 37.0 Å². The van der Waals surface area contributed by atoms with Crippen LogP contribution >= 0.6 is 0 Å². The first-order chi connectivity index (χ1) is 13.0. The molecule has 0 aromatic heterocycles. The SMILES string of the molecule is COc1ccccc1NC(=O)CN1CCN(c2ccc(F)cc2)C(=O)C1=O. The summed E-state index contributed by atoms with van der Waals surface area (Å²) >= 11 is 0. The predicted molar refractivity (Wildman–Crippen MR) is 97.0 cm³/mol. The smallest absolute Gasteiger partial charge is 0.316 e. The maximum atomic E-state index is 13.0. The summed E-state index contributed by atoms with van der Waals surface area (Å²) in [5.74, 6) is -1.90. The van der Waals surface area contributed by atoms with E-state index in [-0.39, 0.29) is 19.6 Å². The highest BCUT2D eigenvalue weighted by Crippen LogP contribution is 2.23. The highest BCUT2D eigenvalue weighted by atomic mass is 19.1. The normalized spacial score (nSPS) is 14.3. The van der Waals surface area contributed by atoms with Crippen LogP contribution in [-0.4, -0.2) is 49.4 Å². The highest BCUT2D eigenvalue weighted by Gasteiger charge is 2.34. The Hall–Kier alpha value is -3.42. The van der Waals surface area contributed by atoms with Gasteiger partial charge in [-0.3, -0.25) is 14.4 Å². The van der Waals surface area contributed by atoms with Crippen LogP contribution in [-0.2, 0) is 14.4 Å². The van der Waals surface area contributed by atoms with Gasteiger partial charge in [0.1, 0.15) is 18.1 Å². The van der Waals surface area contributed by atoms with Gasteiger partial charge >= 0.3 is 11.8 Å². The van der Waals surface area contributed by atoms with Crippen LogP contribution in [0, 0.1) is 5.82 Å². The second-order valence-electron chi connectivity index (χ2n) is 5.91. The Morgan fingerprint density at radius 1 is 1.07 bits per heavy atom. The van der Waals surface area contributed by atoms with Crippen LogP contribution in [0.15, 0.2) is 48.5 Å². The Labute approximate surface area is 155 Å². The topological polar surface area (TPSA) is 79.0 Å². The summed E-state index contributed by atoms with van der Waals surface area (Å²) in [6.45, 7) is 0.166. The molecule has 1 heterocycles. The van der Waals surface area contributed by atoms with E-state index in [0.29, 0.717) is 17.1 Å². The molecule has 0 radical (unpaired) electrons. The number of carbonyl (C=O) groups excluding carboxylic acids is 3. The fourth-order valence-electron chi connectivity index (χ4n) is 2.80. The Bertz CT molecular complexity index is 870.